The van der Waals surface area contributed by atoms with Gasteiger partial charge in [-0.25, -0.2) is 0 Å². The van der Waals surface area contributed by atoms with Crippen molar-refractivity contribution in [2.75, 3.05) is 6.61 Å². The molecule has 0 saturated carbocycles. The van der Waals surface area contributed by atoms with Crippen LogP contribution in [0, 0.1) is 5.92 Å². The van der Waals surface area contributed by atoms with E-state index in [1.54, 1.807) is 0 Å². The molecular formula is C24H50O. The lowest BCUT2D eigenvalue weighted by Gasteiger charge is -2.11. The van der Waals surface area contributed by atoms with E-state index in [9.17, 15) is 0 Å². The summed E-state index contributed by atoms with van der Waals surface area (Å²) in [6.07, 6.45) is 28.1. The Morgan fingerprint density at radius 2 is 0.720 bits per heavy atom. The number of aliphatic hydroxyl groups is 1. The minimum atomic E-state index is 0.373. The molecule has 0 fully saturated rings. The summed E-state index contributed by atoms with van der Waals surface area (Å²) < 4.78 is 0. The summed E-state index contributed by atoms with van der Waals surface area (Å²) in [5, 5.41) is 8.73. The van der Waals surface area contributed by atoms with Crippen molar-refractivity contribution in [3.05, 3.63) is 0 Å². The van der Waals surface area contributed by atoms with Crippen molar-refractivity contribution in [3.63, 3.8) is 0 Å². The summed E-state index contributed by atoms with van der Waals surface area (Å²) in [6, 6.07) is 0. The van der Waals surface area contributed by atoms with Crippen LogP contribution < -0.4 is 0 Å². The predicted molar refractivity (Wildman–Crippen MR) is 114 cm³/mol. The lowest BCUT2D eigenvalue weighted by molar-refractivity contribution is 0.282. The van der Waals surface area contributed by atoms with Crippen molar-refractivity contribution in [2.24, 2.45) is 5.92 Å². The minimum Gasteiger partial charge on any atom is -0.396 e. The first-order valence-electron chi connectivity index (χ1n) is 12.0. The van der Waals surface area contributed by atoms with Crippen molar-refractivity contribution in [1.82, 2.24) is 0 Å². The third-order valence-electron chi connectivity index (χ3n) is 5.93. The number of hydrogen-bond donors (Lipinski definition) is 1. The Kier molecular flexibility index (Phi) is 22.0. The van der Waals surface area contributed by atoms with Gasteiger partial charge >= 0.3 is 0 Å². The zero-order chi connectivity index (χ0) is 18.4. The van der Waals surface area contributed by atoms with E-state index in [-0.39, 0.29) is 0 Å². The van der Waals surface area contributed by atoms with Gasteiger partial charge < -0.3 is 5.11 Å². The van der Waals surface area contributed by atoms with Gasteiger partial charge in [0.2, 0.25) is 0 Å². The Hall–Kier alpha value is -0.0400. The number of rotatable bonds is 21. The molecule has 1 heteroatoms. The molecule has 0 amide bonds. The standard InChI is InChI=1S/C24H50O/c1-3-24(4-2)22-20-18-16-14-12-10-8-6-5-7-9-11-13-15-17-19-21-23-25/h24-25H,3-23H2,1-2H3. The van der Waals surface area contributed by atoms with E-state index in [1.807, 2.05) is 0 Å². The quantitative estimate of drug-likeness (QED) is 0.205. The molecule has 0 aromatic rings. The summed E-state index contributed by atoms with van der Waals surface area (Å²) >= 11 is 0. The fourth-order valence-corrected chi connectivity index (χ4v) is 3.89. The highest BCUT2D eigenvalue weighted by Crippen LogP contribution is 2.18. The Labute approximate surface area is 160 Å². The first-order chi connectivity index (χ1) is 12.3. The molecule has 25 heavy (non-hydrogen) atoms. The SMILES string of the molecule is CCC(CC)CCCCCCCCCCCCCCCCCCCO. The fraction of sp³-hybridized carbons (Fsp3) is 1.00. The average Bonchev–Trinajstić information content (AvgIpc) is 2.64. The largest absolute Gasteiger partial charge is 0.396 e. The molecule has 0 atom stereocenters. The Balaban J connectivity index is 3.03. The Morgan fingerprint density at radius 3 is 1.00 bits per heavy atom. The van der Waals surface area contributed by atoms with Gasteiger partial charge in [-0.1, -0.05) is 136 Å². The molecule has 0 radical (unpaired) electrons. The van der Waals surface area contributed by atoms with Gasteiger partial charge in [-0.15, -0.1) is 0 Å². The smallest absolute Gasteiger partial charge is 0.0431 e. The molecule has 0 aliphatic heterocycles. The molecule has 0 rings (SSSR count). The highest BCUT2D eigenvalue weighted by atomic mass is 16.2. The molecule has 0 aliphatic rings. The van der Waals surface area contributed by atoms with Crippen LogP contribution >= 0.6 is 0 Å². The van der Waals surface area contributed by atoms with Crippen LogP contribution in [-0.2, 0) is 0 Å². The lowest BCUT2D eigenvalue weighted by atomic mass is 9.95. The van der Waals surface area contributed by atoms with Crippen LogP contribution in [0.5, 0.6) is 0 Å². The summed E-state index contributed by atoms with van der Waals surface area (Å²) in [7, 11) is 0. The van der Waals surface area contributed by atoms with Gasteiger partial charge in [0.05, 0.1) is 0 Å². The van der Waals surface area contributed by atoms with E-state index in [0.29, 0.717) is 6.61 Å². The number of hydrogen-bond acceptors (Lipinski definition) is 1. The van der Waals surface area contributed by atoms with Crippen LogP contribution in [0.25, 0.3) is 0 Å². The van der Waals surface area contributed by atoms with Crippen LogP contribution in [0.3, 0.4) is 0 Å². The van der Waals surface area contributed by atoms with Crippen molar-refractivity contribution >= 4 is 0 Å². The molecule has 1 N–H and O–H groups in total. The van der Waals surface area contributed by atoms with Crippen molar-refractivity contribution in [3.8, 4) is 0 Å². The van der Waals surface area contributed by atoms with Gasteiger partial charge in [0.15, 0.2) is 0 Å². The van der Waals surface area contributed by atoms with Crippen LogP contribution in [0.2, 0.25) is 0 Å². The van der Waals surface area contributed by atoms with E-state index in [0.717, 1.165) is 12.3 Å². The van der Waals surface area contributed by atoms with E-state index in [4.69, 9.17) is 5.11 Å². The normalized spacial score (nSPS) is 11.5. The molecule has 152 valence electrons. The summed E-state index contributed by atoms with van der Waals surface area (Å²) in [5.41, 5.74) is 0. The van der Waals surface area contributed by atoms with E-state index in [1.165, 1.54) is 122 Å². The number of aliphatic hydroxyl groups excluding tert-OH is 1. The average molecular weight is 355 g/mol. The third-order valence-corrected chi connectivity index (χ3v) is 5.93. The molecule has 0 spiro atoms. The Bertz CT molecular complexity index is 222. The highest BCUT2D eigenvalue weighted by Gasteiger charge is 2.02. The second-order valence-corrected chi connectivity index (χ2v) is 8.21. The van der Waals surface area contributed by atoms with Gasteiger partial charge in [-0.05, 0) is 12.3 Å². The van der Waals surface area contributed by atoms with Crippen LogP contribution in [0.4, 0.5) is 0 Å². The predicted octanol–water partition coefficient (Wildman–Crippen LogP) is 8.44. The van der Waals surface area contributed by atoms with Crippen molar-refractivity contribution in [1.29, 1.82) is 0 Å². The number of unbranched alkanes of at least 4 members (excludes halogenated alkanes) is 16. The van der Waals surface area contributed by atoms with Gasteiger partial charge in [0, 0.05) is 6.61 Å². The van der Waals surface area contributed by atoms with E-state index in [2.05, 4.69) is 13.8 Å². The molecule has 0 saturated heterocycles. The monoisotopic (exact) mass is 354 g/mol. The lowest BCUT2D eigenvalue weighted by Crippen LogP contribution is -1.96. The summed E-state index contributed by atoms with van der Waals surface area (Å²) in [6.45, 7) is 5.06. The van der Waals surface area contributed by atoms with Crippen molar-refractivity contribution in [2.45, 2.75) is 142 Å². The van der Waals surface area contributed by atoms with Crippen LogP contribution in [0.1, 0.15) is 142 Å². The maximum atomic E-state index is 8.73. The molecule has 1 nitrogen and oxygen atoms in total. The zero-order valence-corrected chi connectivity index (χ0v) is 17.9. The van der Waals surface area contributed by atoms with Crippen molar-refractivity contribution < 1.29 is 5.11 Å². The first-order valence-corrected chi connectivity index (χ1v) is 12.0. The molecular weight excluding hydrogens is 304 g/mol. The molecule has 0 aromatic heterocycles. The van der Waals surface area contributed by atoms with Crippen LogP contribution in [-0.4, -0.2) is 11.7 Å². The second-order valence-electron chi connectivity index (χ2n) is 8.21. The fourth-order valence-electron chi connectivity index (χ4n) is 3.89. The molecule has 0 bridgehead atoms. The topological polar surface area (TPSA) is 20.2 Å². The maximum Gasteiger partial charge on any atom is 0.0431 e. The second kappa shape index (κ2) is 22.0. The molecule has 0 aliphatic carbocycles. The first kappa shape index (κ1) is 25.0. The van der Waals surface area contributed by atoms with Gasteiger partial charge in [0.25, 0.3) is 0 Å². The third kappa shape index (κ3) is 20.1. The van der Waals surface area contributed by atoms with Gasteiger partial charge in [-0.3, -0.25) is 0 Å². The molecule has 0 aromatic carbocycles. The van der Waals surface area contributed by atoms with Gasteiger partial charge in [0.1, 0.15) is 0 Å². The van der Waals surface area contributed by atoms with Crippen LogP contribution in [0.15, 0.2) is 0 Å². The zero-order valence-electron chi connectivity index (χ0n) is 17.9. The summed E-state index contributed by atoms with van der Waals surface area (Å²) in [5.74, 6) is 0.992. The Morgan fingerprint density at radius 1 is 0.440 bits per heavy atom. The van der Waals surface area contributed by atoms with Gasteiger partial charge in [-0.2, -0.15) is 0 Å². The van der Waals surface area contributed by atoms with E-state index >= 15 is 0 Å². The van der Waals surface area contributed by atoms with E-state index < -0.39 is 0 Å². The molecule has 0 heterocycles. The maximum absolute atomic E-state index is 8.73. The minimum absolute atomic E-state index is 0.373. The summed E-state index contributed by atoms with van der Waals surface area (Å²) in [4.78, 5) is 0. The highest BCUT2D eigenvalue weighted by molar-refractivity contribution is 4.55. The molecule has 0 unspecified atom stereocenters.